The van der Waals surface area contributed by atoms with Crippen LogP contribution < -0.4 is 14.5 Å². The van der Waals surface area contributed by atoms with Crippen LogP contribution in [0.1, 0.15) is 40.0 Å². The van der Waals surface area contributed by atoms with Crippen molar-refractivity contribution in [2.24, 2.45) is 5.41 Å². The second kappa shape index (κ2) is 8.30. The summed E-state index contributed by atoms with van der Waals surface area (Å²) in [6.07, 6.45) is 1.83. The molecule has 0 bridgehead atoms. The van der Waals surface area contributed by atoms with Gasteiger partial charge in [-0.05, 0) is 30.9 Å². The maximum absolute atomic E-state index is 12.5. The molecular formula is C21H32N3O3+. The number of amides is 2. The number of ether oxygens (including phenoxy) is 1. The number of carbonyl (C=O) groups is 2. The van der Waals surface area contributed by atoms with Crippen molar-refractivity contribution in [2.45, 2.75) is 40.0 Å². The van der Waals surface area contributed by atoms with Crippen molar-refractivity contribution in [3.05, 3.63) is 24.3 Å². The predicted molar refractivity (Wildman–Crippen MR) is 105 cm³/mol. The largest absolute Gasteiger partial charge is 0.492 e. The fraction of sp³-hybridized carbons (Fsp3) is 0.619. The molecule has 0 aliphatic carbocycles. The van der Waals surface area contributed by atoms with E-state index in [1.807, 2.05) is 32.0 Å². The summed E-state index contributed by atoms with van der Waals surface area (Å²) < 4.78 is 5.75. The van der Waals surface area contributed by atoms with Crippen LogP contribution in [0.3, 0.4) is 0 Å². The van der Waals surface area contributed by atoms with Gasteiger partial charge in [0.05, 0.1) is 38.5 Å². The van der Waals surface area contributed by atoms with Crippen molar-refractivity contribution in [1.29, 1.82) is 0 Å². The third-order valence-corrected chi connectivity index (χ3v) is 5.97. The first kappa shape index (κ1) is 19.7. The molecule has 0 aromatic heterocycles. The molecule has 3 rings (SSSR count). The van der Waals surface area contributed by atoms with Gasteiger partial charge in [0.1, 0.15) is 5.75 Å². The topological polar surface area (TPSA) is 54.3 Å². The second-order valence-corrected chi connectivity index (χ2v) is 8.03. The predicted octanol–water partition coefficient (Wildman–Crippen LogP) is 1.31. The van der Waals surface area contributed by atoms with E-state index in [4.69, 9.17) is 4.74 Å². The van der Waals surface area contributed by atoms with E-state index in [1.165, 1.54) is 9.80 Å². The molecule has 0 radical (unpaired) electrons. The van der Waals surface area contributed by atoms with E-state index in [-0.39, 0.29) is 17.2 Å². The monoisotopic (exact) mass is 374 g/mol. The summed E-state index contributed by atoms with van der Waals surface area (Å²) in [5.74, 6) is 0.906. The van der Waals surface area contributed by atoms with Gasteiger partial charge in [-0.15, -0.1) is 0 Å². The molecule has 0 atom stereocenters. The van der Waals surface area contributed by atoms with Gasteiger partial charge >= 0.3 is 0 Å². The van der Waals surface area contributed by atoms with Crippen molar-refractivity contribution < 1.29 is 19.2 Å². The molecule has 148 valence electrons. The minimum Gasteiger partial charge on any atom is -0.492 e. The van der Waals surface area contributed by atoms with Crippen LogP contribution in [0.2, 0.25) is 0 Å². The van der Waals surface area contributed by atoms with Crippen LogP contribution in [-0.4, -0.2) is 56.2 Å². The van der Waals surface area contributed by atoms with E-state index in [0.29, 0.717) is 26.1 Å². The summed E-state index contributed by atoms with van der Waals surface area (Å²) in [7, 11) is 0. The fourth-order valence-corrected chi connectivity index (χ4v) is 3.99. The summed E-state index contributed by atoms with van der Waals surface area (Å²) in [4.78, 5) is 30.2. The number of imide groups is 1. The Morgan fingerprint density at radius 2 is 1.70 bits per heavy atom. The first-order chi connectivity index (χ1) is 13.0. The molecule has 2 heterocycles. The quantitative estimate of drug-likeness (QED) is 0.763. The average Bonchev–Trinajstić information content (AvgIpc) is 2.66. The molecule has 2 aliphatic rings. The Kier molecular flexibility index (Phi) is 6.05. The van der Waals surface area contributed by atoms with E-state index >= 15 is 0 Å². The Balaban J connectivity index is 1.57. The number of quaternary nitrogens is 1. The molecule has 0 saturated carbocycles. The number of rotatable bonds is 6. The van der Waals surface area contributed by atoms with Gasteiger partial charge in [0.2, 0.25) is 11.8 Å². The highest BCUT2D eigenvalue weighted by Crippen LogP contribution is 2.35. The summed E-state index contributed by atoms with van der Waals surface area (Å²) >= 11 is 0. The Morgan fingerprint density at radius 1 is 1.07 bits per heavy atom. The molecule has 2 amide bonds. The molecule has 2 saturated heterocycles. The molecule has 1 aromatic rings. The molecule has 1 aromatic carbocycles. The third kappa shape index (κ3) is 4.43. The van der Waals surface area contributed by atoms with Gasteiger partial charge in [-0.2, -0.15) is 0 Å². The Morgan fingerprint density at radius 3 is 2.30 bits per heavy atom. The highest BCUT2D eigenvalue weighted by atomic mass is 16.5. The fourth-order valence-electron chi connectivity index (χ4n) is 3.99. The minimum atomic E-state index is -0.165. The van der Waals surface area contributed by atoms with E-state index in [0.717, 1.165) is 44.0 Å². The number of piperidine rings is 1. The van der Waals surface area contributed by atoms with Crippen LogP contribution in [0, 0.1) is 5.41 Å². The highest BCUT2D eigenvalue weighted by Gasteiger charge is 2.41. The number of nitrogens with one attached hydrogen (secondary N) is 1. The lowest BCUT2D eigenvalue weighted by Crippen LogP contribution is -3.16. The van der Waals surface area contributed by atoms with Crippen molar-refractivity contribution in [1.82, 2.24) is 4.90 Å². The summed E-state index contributed by atoms with van der Waals surface area (Å²) in [5.41, 5.74) is 0.962. The first-order valence-electron chi connectivity index (χ1n) is 10.1. The number of hydrogen-bond donors (Lipinski definition) is 1. The van der Waals surface area contributed by atoms with Crippen LogP contribution in [0.5, 0.6) is 5.75 Å². The van der Waals surface area contributed by atoms with Gasteiger partial charge in [0.25, 0.3) is 0 Å². The first-order valence-corrected chi connectivity index (χ1v) is 10.1. The molecular weight excluding hydrogens is 342 g/mol. The van der Waals surface area contributed by atoms with Crippen molar-refractivity contribution in [3.8, 4) is 5.75 Å². The van der Waals surface area contributed by atoms with Gasteiger partial charge in [-0.1, -0.05) is 26.0 Å². The molecule has 1 N–H and O–H groups in total. The molecule has 6 nitrogen and oxygen atoms in total. The second-order valence-electron chi connectivity index (χ2n) is 8.03. The molecule has 2 fully saturated rings. The van der Waals surface area contributed by atoms with E-state index < -0.39 is 0 Å². The van der Waals surface area contributed by atoms with Gasteiger partial charge in [0.15, 0.2) is 6.67 Å². The zero-order valence-corrected chi connectivity index (χ0v) is 16.8. The zero-order valence-electron chi connectivity index (χ0n) is 16.8. The number of benzene rings is 1. The Labute approximate surface area is 162 Å². The number of nitrogens with zero attached hydrogens (tertiary/aromatic N) is 2. The molecule has 0 unspecified atom stereocenters. The van der Waals surface area contributed by atoms with E-state index in [9.17, 15) is 9.59 Å². The SMILES string of the molecule is CCOc1ccccc1N1CC[NH+](CN2C(=O)CC(C)(CC)CC2=O)CC1. The third-order valence-electron chi connectivity index (χ3n) is 5.97. The number of carbonyl (C=O) groups excluding carboxylic acids is 2. The number of anilines is 1. The lowest BCUT2D eigenvalue weighted by molar-refractivity contribution is -0.908. The van der Waals surface area contributed by atoms with Gasteiger partial charge < -0.3 is 14.5 Å². The minimum absolute atomic E-state index is 0.00720. The maximum Gasteiger partial charge on any atom is 0.234 e. The summed E-state index contributed by atoms with van der Waals surface area (Å²) in [5, 5.41) is 0. The average molecular weight is 375 g/mol. The molecule has 0 spiro atoms. The number of likely N-dealkylation sites (tertiary alicyclic amines) is 1. The lowest BCUT2D eigenvalue weighted by atomic mass is 9.77. The Bertz CT molecular complexity index is 665. The molecule has 27 heavy (non-hydrogen) atoms. The number of hydrogen-bond acceptors (Lipinski definition) is 4. The smallest absolute Gasteiger partial charge is 0.234 e. The molecule has 6 heteroatoms. The number of piperazine rings is 1. The van der Waals surface area contributed by atoms with Crippen LogP contribution in [0.4, 0.5) is 5.69 Å². The van der Waals surface area contributed by atoms with Gasteiger partial charge in [-0.3, -0.25) is 9.59 Å². The van der Waals surface area contributed by atoms with Crippen LogP contribution in [-0.2, 0) is 9.59 Å². The Hall–Kier alpha value is -2.08. The summed E-state index contributed by atoms with van der Waals surface area (Å²) in [6, 6.07) is 8.13. The summed E-state index contributed by atoms with van der Waals surface area (Å²) in [6.45, 7) is 10.8. The standard InChI is InChI=1S/C21H31N3O3/c1-4-21(3)14-19(25)24(20(26)15-21)16-22-10-12-23(13-11-22)17-8-6-7-9-18(17)27-5-2/h6-9H,4-5,10-16H2,1-3H3/p+1. The molecule has 2 aliphatic heterocycles. The van der Waals surface area contributed by atoms with Crippen LogP contribution in [0.25, 0.3) is 0 Å². The number of para-hydroxylation sites is 2. The van der Waals surface area contributed by atoms with Gasteiger partial charge in [-0.25, -0.2) is 4.90 Å². The zero-order chi connectivity index (χ0) is 19.4. The van der Waals surface area contributed by atoms with Crippen molar-refractivity contribution in [3.63, 3.8) is 0 Å². The van der Waals surface area contributed by atoms with Crippen molar-refractivity contribution in [2.75, 3.05) is 44.4 Å². The normalized spacial score (nSPS) is 20.9. The van der Waals surface area contributed by atoms with Crippen LogP contribution in [0.15, 0.2) is 24.3 Å². The van der Waals surface area contributed by atoms with Crippen molar-refractivity contribution >= 4 is 17.5 Å². The maximum atomic E-state index is 12.5. The highest BCUT2D eigenvalue weighted by molar-refractivity contribution is 5.98. The van der Waals surface area contributed by atoms with Gasteiger partial charge in [0, 0.05) is 12.8 Å². The lowest BCUT2D eigenvalue weighted by Gasteiger charge is -2.39. The van der Waals surface area contributed by atoms with E-state index in [1.54, 1.807) is 0 Å². The van der Waals surface area contributed by atoms with E-state index in [2.05, 4.69) is 17.9 Å². The van der Waals surface area contributed by atoms with Crippen LogP contribution >= 0.6 is 0 Å².